The van der Waals surface area contributed by atoms with Crippen molar-refractivity contribution in [2.45, 2.75) is 57.7 Å². The number of anilines is 1. The number of nitro groups is 1. The first-order valence-electron chi connectivity index (χ1n) is 17.5. The Kier molecular flexibility index (Phi) is 10.6. The van der Waals surface area contributed by atoms with Gasteiger partial charge in [-0.25, -0.2) is 9.48 Å². The normalized spacial score (nSPS) is 13.7. The lowest BCUT2D eigenvalue weighted by Gasteiger charge is -2.34. The summed E-state index contributed by atoms with van der Waals surface area (Å²) in [6.07, 6.45) is 6.23. The van der Waals surface area contributed by atoms with Crippen LogP contribution < -0.4 is 20.6 Å². The maximum atomic E-state index is 14.9. The highest BCUT2D eigenvalue weighted by atomic mass is 79.9. The minimum absolute atomic E-state index is 0.0788. The topological polar surface area (TPSA) is 163 Å². The minimum Gasteiger partial charge on any atom is -0.487 e. The van der Waals surface area contributed by atoms with Crippen LogP contribution in [-0.2, 0) is 11.4 Å². The summed E-state index contributed by atoms with van der Waals surface area (Å²) in [7, 11) is 0. The molecule has 1 fully saturated rings. The molecule has 0 aliphatic heterocycles. The Balaban J connectivity index is 1.29. The van der Waals surface area contributed by atoms with Gasteiger partial charge < -0.3 is 14.5 Å². The first kappa shape index (κ1) is 36.2. The van der Waals surface area contributed by atoms with Crippen LogP contribution >= 0.6 is 15.9 Å². The molecule has 1 atom stereocenters. The first-order valence-corrected chi connectivity index (χ1v) is 18.3. The Hall–Kier alpha value is -6.15. The molecule has 1 saturated carbocycles. The minimum atomic E-state index is -1.28. The largest absolute Gasteiger partial charge is 0.487 e. The zero-order valence-electron chi connectivity index (χ0n) is 29.2. The molecule has 4 aromatic carbocycles. The molecule has 2 aromatic heterocycles. The average Bonchev–Trinajstić information content (AvgIpc) is 3.66. The number of aromatic nitrogens is 3. The summed E-state index contributed by atoms with van der Waals surface area (Å²) < 4.78 is 14.1. The Morgan fingerprint density at radius 2 is 1.80 bits per heavy atom. The number of hydrogen-bond acceptors (Lipinski definition) is 9. The molecule has 2 heterocycles. The van der Waals surface area contributed by atoms with E-state index >= 15 is 0 Å². The molecule has 14 heteroatoms. The first-order chi connectivity index (χ1) is 26.1. The van der Waals surface area contributed by atoms with Crippen molar-refractivity contribution < 1.29 is 23.7 Å². The van der Waals surface area contributed by atoms with Gasteiger partial charge in [0.1, 0.15) is 35.2 Å². The summed E-state index contributed by atoms with van der Waals surface area (Å²) in [6, 6.07) is 25.3. The van der Waals surface area contributed by atoms with Gasteiger partial charge in [-0.15, -0.1) is 5.10 Å². The maximum absolute atomic E-state index is 14.9. The average molecular weight is 792 g/mol. The van der Waals surface area contributed by atoms with Crippen LogP contribution in [0.4, 0.5) is 11.4 Å². The molecule has 13 nitrogen and oxygen atoms in total. The summed E-state index contributed by atoms with van der Waals surface area (Å²) >= 11 is 3.45. The van der Waals surface area contributed by atoms with Crippen molar-refractivity contribution in [3.63, 3.8) is 0 Å². The van der Waals surface area contributed by atoms with Crippen LogP contribution in [-0.4, -0.2) is 37.8 Å². The summed E-state index contributed by atoms with van der Waals surface area (Å²) in [5.74, 6) is -0.866. The molecule has 274 valence electrons. The predicted octanol–water partition coefficient (Wildman–Crippen LogP) is 7.77. The molecule has 0 saturated heterocycles. The number of nitro benzene ring substituents is 1. The summed E-state index contributed by atoms with van der Waals surface area (Å²) in [5.41, 5.74) is 1.69. The van der Waals surface area contributed by atoms with Crippen molar-refractivity contribution in [1.82, 2.24) is 20.3 Å². The third-order valence-corrected chi connectivity index (χ3v) is 9.84. The van der Waals surface area contributed by atoms with E-state index in [0.29, 0.717) is 39.4 Å². The standard InChI is InChI=1S/C40H35BrN6O7/c1-25-14-17-30(18-15-25)46(39(49)34-21-26-20-27(41)16-19-35(26)54-40(34)50)37(38(48)42-28-8-3-2-4-9-28)33-12-5-6-13-36(33)53-24-29-23-45(44-43-29)31-10-7-11-32(22-31)47(51)52/h5-7,10-23,28,37H,2-4,8-9,24H2,1H3,(H,42,48)/t37-/m1/s1. The van der Waals surface area contributed by atoms with Gasteiger partial charge in [0.15, 0.2) is 0 Å². The Bertz CT molecular complexity index is 2400. The quantitative estimate of drug-likeness (QED) is 0.0785. The van der Waals surface area contributed by atoms with Crippen molar-refractivity contribution in [3.8, 4) is 11.4 Å². The SMILES string of the molecule is Cc1ccc(N(C(=O)c2cc3cc(Br)ccc3oc2=O)[C@@H](C(=O)NC2CCCCC2)c2ccccc2OCc2cn(-c3cccc([N+](=O)[O-])c3)nn2)cc1. The number of non-ortho nitro benzene ring substituents is 1. The second-order valence-electron chi connectivity index (χ2n) is 13.1. The summed E-state index contributed by atoms with van der Waals surface area (Å²) in [4.78, 5) is 55.2. The smallest absolute Gasteiger partial charge is 0.349 e. The Morgan fingerprint density at radius 3 is 2.57 bits per heavy atom. The highest BCUT2D eigenvalue weighted by molar-refractivity contribution is 9.10. The zero-order valence-corrected chi connectivity index (χ0v) is 30.8. The second kappa shape index (κ2) is 15.8. The monoisotopic (exact) mass is 790 g/mol. The molecular weight excluding hydrogens is 756 g/mol. The van der Waals surface area contributed by atoms with Gasteiger partial charge in [0.25, 0.3) is 11.6 Å². The lowest BCUT2D eigenvalue weighted by atomic mass is 9.94. The highest BCUT2D eigenvalue weighted by Gasteiger charge is 2.37. The Morgan fingerprint density at radius 1 is 1.02 bits per heavy atom. The fraction of sp³-hybridized carbons (Fsp3) is 0.225. The Labute approximate surface area is 317 Å². The number of rotatable bonds is 11. The third-order valence-electron chi connectivity index (χ3n) is 9.35. The van der Waals surface area contributed by atoms with Gasteiger partial charge in [0.05, 0.1) is 16.8 Å². The van der Waals surface area contributed by atoms with Gasteiger partial charge in [-0.2, -0.15) is 0 Å². The number of halogens is 1. The van der Waals surface area contributed by atoms with Crippen LogP contribution in [0.3, 0.4) is 0 Å². The van der Waals surface area contributed by atoms with Crippen LogP contribution in [0.15, 0.2) is 117 Å². The van der Waals surface area contributed by atoms with Crippen LogP contribution in [0.2, 0.25) is 0 Å². The van der Waals surface area contributed by atoms with Gasteiger partial charge >= 0.3 is 5.63 Å². The molecule has 1 aliphatic rings. The molecule has 0 bridgehead atoms. The van der Waals surface area contributed by atoms with Gasteiger partial charge in [0.2, 0.25) is 5.91 Å². The van der Waals surface area contributed by atoms with Crippen molar-refractivity contribution in [2.24, 2.45) is 0 Å². The lowest BCUT2D eigenvalue weighted by molar-refractivity contribution is -0.384. The number of ether oxygens (including phenoxy) is 1. The number of carbonyl (C=O) groups excluding carboxylic acids is 2. The van der Waals surface area contributed by atoms with Gasteiger partial charge in [-0.3, -0.25) is 24.6 Å². The second-order valence-corrected chi connectivity index (χ2v) is 14.1. The van der Waals surface area contributed by atoms with E-state index in [2.05, 4.69) is 31.6 Å². The molecule has 1 aliphatic carbocycles. The summed E-state index contributed by atoms with van der Waals surface area (Å²) in [6.45, 7) is 1.84. The van der Waals surface area contributed by atoms with Gasteiger partial charge in [0, 0.05) is 39.3 Å². The maximum Gasteiger partial charge on any atom is 0.349 e. The molecule has 0 spiro atoms. The number of fused-ring (bicyclic) bond motifs is 1. The summed E-state index contributed by atoms with van der Waals surface area (Å²) in [5, 5.41) is 23.4. The van der Waals surface area contributed by atoms with Gasteiger partial charge in [-0.1, -0.05) is 82.4 Å². The van der Waals surface area contributed by atoms with E-state index in [0.717, 1.165) is 42.1 Å². The lowest BCUT2D eigenvalue weighted by Crippen LogP contribution is -2.48. The molecule has 1 N–H and O–H groups in total. The molecule has 0 radical (unpaired) electrons. The third kappa shape index (κ3) is 7.93. The fourth-order valence-electron chi connectivity index (χ4n) is 6.62. The van der Waals surface area contributed by atoms with E-state index < -0.39 is 28.4 Å². The van der Waals surface area contributed by atoms with Crippen LogP contribution in [0.5, 0.6) is 5.75 Å². The van der Waals surface area contributed by atoms with Crippen molar-refractivity contribution >= 4 is 50.1 Å². The van der Waals surface area contributed by atoms with E-state index in [1.165, 1.54) is 27.8 Å². The van der Waals surface area contributed by atoms with E-state index in [1.807, 2.05) is 19.1 Å². The molecule has 0 unspecified atom stereocenters. The van der Waals surface area contributed by atoms with E-state index in [4.69, 9.17) is 9.15 Å². The van der Waals surface area contributed by atoms with Gasteiger partial charge in [-0.05, 0) is 68.3 Å². The van der Waals surface area contributed by atoms with Crippen LogP contribution in [0.25, 0.3) is 16.7 Å². The number of para-hydroxylation sites is 1. The molecular formula is C40H35BrN6O7. The van der Waals surface area contributed by atoms with Crippen molar-refractivity contribution in [3.05, 3.63) is 151 Å². The number of benzene rings is 4. The fourth-order valence-corrected chi connectivity index (χ4v) is 6.99. The van der Waals surface area contributed by atoms with Crippen LogP contribution in [0, 0.1) is 17.0 Å². The van der Waals surface area contributed by atoms with Crippen LogP contribution in [0.1, 0.15) is 65.3 Å². The molecule has 6 aromatic rings. The number of amides is 2. The number of nitrogens with one attached hydrogen (secondary N) is 1. The number of aryl methyl sites for hydroxylation is 1. The van der Waals surface area contributed by atoms with Crippen molar-refractivity contribution in [1.29, 1.82) is 0 Å². The molecule has 2 amide bonds. The highest BCUT2D eigenvalue weighted by Crippen LogP contribution is 2.36. The molecule has 7 rings (SSSR count). The number of nitrogens with zero attached hydrogens (tertiary/aromatic N) is 5. The molecule has 54 heavy (non-hydrogen) atoms. The number of hydrogen-bond donors (Lipinski definition) is 1. The predicted molar refractivity (Wildman–Crippen MR) is 205 cm³/mol. The zero-order chi connectivity index (χ0) is 37.8. The van der Waals surface area contributed by atoms with E-state index in [-0.39, 0.29) is 23.9 Å². The van der Waals surface area contributed by atoms with E-state index in [1.54, 1.807) is 72.9 Å². The van der Waals surface area contributed by atoms with Crippen molar-refractivity contribution in [2.75, 3.05) is 4.90 Å². The number of carbonyl (C=O) groups is 2. The van der Waals surface area contributed by atoms with E-state index in [9.17, 15) is 24.5 Å².